The number of rotatable bonds is 4. The van der Waals surface area contributed by atoms with Gasteiger partial charge >= 0.3 is 0 Å². The van der Waals surface area contributed by atoms with Crippen molar-refractivity contribution >= 4 is 16.7 Å². The Kier molecular flexibility index (Phi) is 4.66. The number of nitrogens with zero attached hydrogens (tertiary/aromatic N) is 5. The minimum Gasteiger partial charge on any atom is -0.497 e. The smallest absolute Gasteiger partial charge is 0.261 e. The van der Waals surface area contributed by atoms with E-state index in [1.54, 1.807) is 36.5 Å². The molecule has 0 unspecified atom stereocenters. The van der Waals surface area contributed by atoms with Crippen LogP contribution in [0.3, 0.4) is 0 Å². The van der Waals surface area contributed by atoms with Gasteiger partial charge in [-0.25, -0.2) is 15.0 Å². The standard InChI is InChI=1S/C22H25N5O2/c1-29-16-5-6-18-20(11-16)25-14-27(22(18)28)12-15-7-9-26(10-8-15)21-17-3-2-4-19(17)23-13-24-21/h5-6,11,13-15H,2-4,7-10,12H2,1H3. The number of hydrogen-bond acceptors (Lipinski definition) is 6. The van der Waals surface area contributed by atoms with E-state index in [-0.39, 0.29) is 5.56 Å². The number of aromatic nitrogens is 4. The van der Waals surface area contributed by atoms with Gasteiger partial charge in [-0.3, -0.25) is 9.36 Å². The van der Waals surface area contributed by atoms with Crippen molar-refractivity contribution in [2.45, 2.75) is 38.6 Å². The molecule has 0 N–H and O–H groups in total. The topological polar surface area (TPSA) is 73.1 Å². The Labute approximate surface area is 169 Å². The van der Waals surface area contributed by atoms with E-state index in [0.29, 0.717) is 29.1 Å². The van der Waals surface area contributed by atoms with Crippen molar-refractivity contribution in [1.29, 1.82) is 0 Å². The first-order chi connectivity index (χ1) is 14.2. The van der Waals surface area contributed by atoms with Gasteiger partial charge in [0.15, 0.2) is 0 Å². The Balaban J connectivity index is 1.29. The number of piperidine rings is 1. The van der Waals surface area contributed by atoms with E-state index in [4.69, 9.17) is 4.74 Å². The van der Waals surface area contributed by atoms with E-state index in [1.165, 1.54) is 17.7 Å². The van der Waals surface area contributed by atoms with E-state index >= 15 is 0 Å². The third-order valence-electron chi connectivity index (χ3n) is 6.25. The highest BCUT2D eigenvalue weighted by atomic mass is 16.5. The van der Waals surface area contributed by atoms with Crippen molar-refractivity contribution in [2.24, 2.45) is 5.92 Å². The Hall–Kier alpha value is -2.96. The van der Waals surface area contributed by atoms with Gasteiger partial charge in [0.2, 0.25) is 0 Å². The Morgan fingerprint density at radius 2 is 2.00 bits per heavy atom. The lowest BCUT2D eigenvalue weighted by Gasteiger charge is -2.33. The van der Waals surface area contributed by atoms with Crippen LogP contribution in [0.2, 0.25) is 0 Å². The molecule has 1 aliphatic heterocycles. The lowest BCUT2D eigenvalue weighted by Crippen LogP contribution is -2.37. The van der Waals surface area contributed by atoms with Crippen LogP contribution >= 0.6 is 0 Å². The largest absolute Gasteiger partial charge is 0.497 e. The average Bonchev–Trinajstić information content (AvgIpc) is 3.25. The first-order valence-corrected chi connectivity index (χ1v) is 10.3. The van der Waals surface area contributed by atoms with Crippen LogP contribution in [0.25, 0.3) is 10.9 Å². The SMILES string of the molecule is COc1ccc2c(=O)n(CC3CCN(c4ncnc5c4CCC5)CC3)cnc2c1. The first-order valence-electron chi connectivity index (χ1n) is 10.3. The van der Waals surface area contributed by atoms with Crippen LogP contribution in [0, 0.1) is 5.92 Å². The fourth-order valence-corrected chi connectivity index (χ4v) is 4.62. The number of aryl methyl sites for hydroxylation is 1. The molecule has 1 aliphatic carbocycles. The molecule has 2 aliphatic rings. The van der Waals surface area contributed by atoms with Crippen molar-refractivity contribution < 1.29 is 4.74 Å². The molecule has 29 heavy (non-hydrogen) atoms. The van der Waals surface area contributed by atoms with Gasteiger partial charge in [0.1, 0.15) is 17.9 Å². The lowest BCUT2D eigenvalue weighted by atomic mass is 9.96. The quantitative estimate of drug-likeness (QED) is 0.681. The van der Waals surface area contributed by atoms with Crippen LogP contribution in [-0.4, -0.2) is 39.7 Å². The zero-order valence-corrected chi connectivity index (χ0v) is 16.7. The Bertz CT molecular complexity index is 1100. The highest BCUT2D eigenvalue weighted by Gasteiger charge is 2.25. The number of benzene rings is 1. The van der Waals surface area contributed by atoms with E-state index in [9.17, 15) is 4.79 Å². The number of fused-ring (bicyclic) bond motifs is 2. The molecule has 0 atom stereocenters. The maximum absolute atomic E-state index is 12.9. The minimum absolute atomic E-state index is 0.0219. The predicted molar refractivity (Wildman–Crippen MR) is 112 cm³/mol. The van der Waals surface area contributed by atoms with Gasteiger partial charge in [-0.2, -0.15) is 0 Å². The van der Waals surface area contributed by atoms with E-state index in [1.807, 2.05) is 6.07 Å². The molecule has 150 valence electrons. The summed E-state index contributed by atoms with van der Waals surface area (Å²) in [5.74, 6) is 2.31. The minimum atomic E-state index is 0.0219. The maximum atomic E-state index is 12.9. The molecular weight excluding hydrogens is 366 g/mol. The van der Waals surface area contributed by atoms with Gasteiger partial charge in [-0.1, -0.05) is 0 Å². The molecule has 7 nitrogen and oxygen atoms in total. The van der Waals surface area contributed by atoms with Crippen LogP contribution in [-0.2, 0) is 19.4 Å². The normalized spacial score (nSPS) is 16.9. The van der Waals surface area contributed by atoms with Gasteiger partial charge < -0.3 is 9.64 Å². The molecule has 5 rings (SSSR count). The third kappa shape index (κ3) is 3.34. The number of methoxy groups -OCH3 is 1. The second kappa shape index (κ2) is 7.46. The Morgan fingerprint density at radius 1 is 1.14 bits per heavy atom. The van der Waals surface area contributed by atoms with Crippen molar-refractivity contribution in [3.05, 3.63) is 52.5 Å². The molecule has 1 aromatic carbocycles. The second-order valence-corrected chi connectivity index (χ2v) is 7.99. The van der Waals surface area contributed by atoms with Gasteiger partial charge in [0, 0.05) is 37.0 Å². The van der Waals surface area contributed by atoms with Gasteiger partial charge in [0.25, 0.3) is 5.56 Å². The third-order valence-corrected chi connectivity index (χ3v) is 6.25. The monoisotopic (exact) mass is 391 g/mol. The molecule has 1 saturated heterocycles. The molecule has 3 heterocycles. The first kappa shape index (κ1) is 18.1. The molecular formula is C22H25N5O2. The molecule has 1 fully saturated rings. The summed E-state index contributed by atoms with van der Waals surface area (Å²) in [6, 6.07) is 5.42. The molecule has 0 saturated carbocycles. The molecule has 0 bridgehead atoms. The lowest BCUT2D eigenvalue weighted by molar-refractivity contribution is 0.351. The summed E-state index contributed by atoms with van der Waals surface area (Å²) in [6.07, 6.45) is 8.83. The van der Waals surface area contributed by atoms with Crippen LogP contribution in [0.5, 0.6) is 5.75 Å². The van der Waals surface area contributed by atoms with Crippen LogP contribution in [0.1, 0.15) is 30.5 Å². The summed E-state index contributed by atoms with van der Waals surface area (Å²) < 4.78 is 6.99. The van der Waals surface area contributed by atoms with Crippen molar-refractivity contribution in [1.82, 2.24) is 19.5 Å². The fraction of sp³-hybridized carbons (Fsp3) is 0.455. The van der Waals surface area contributed by atoms with Crippen LogP contribution < -0.4 is 15.2 Å². The van der Waals surface area contributed by atoms with Crippen molar-refractivity contribution in [3.63, 3.8) is 0 Å². The van der Waals surface area contributed by atoms with Crippen molar-refractivity contribution in [3.8, 4) is 5.75 Å². The average molecular weight is 391 g/mol. The van der Waals surface area contributed by atoms with E-state index in [2.05, 4.69) is 19.9 Å². The van der Waals surface area contributed by atoms with Gasteiger partial charge in [-0.05, 0) is 50.2 Å². The highest BCUT2D eigenvalue weighted by Crippen LogP contribution is 2.30. The molecule has 3 aromatic rings. The van der Waals surface area contributed by atoms with E-state index < -0.39 is 0 Å². The van der Waals surface area contributed by atoms with E-state index in [0.717, 1.165) is 44.6 Å². The highest BCUT2D eigenvalue weighted by molar-refractivity contribution is 5.78. The summed E-state index contributed by atoms with van der Waals surface area (Å²) >= 11 is 0. The zero-order valence-electron chi connectivity index (χ0n) is 16.7. The molecule has 7 heteroatoms. The summed E-state index contributed by atoms with van der Waals surface area (Å²) in [7, 11) is 1.62. The molecule has 0 radical (unpaired) electrons. The maximum Gasteiger partial charge on any atom is 0.261 e. The predicted octanol–water partition coefficient (Wildman–Crippen LogP) is 2.60. The fourth-order valence-electron chi connectivity index (χ4n) is 4.62. The summed E-state index contributed by atoms with van der Waals surface area (Å²) in [4.78, 5) is 28.8. The summed E-state index contributed by atoms with van der Waals surface area (Å²) in [5.41, 5.74) is 3.27. The Morgan fingerprint density at radius 3 is 2.83 bits per heavy atom. The second-order valence-electron chi connectivity index (χ2n) is 7.99. The van der Waals surface area contributed by atoms with Crippen LogP contribution in [0.4, 0.5) is 5.82 Å². The van der Waals surface area contributed by atoms with Crippen LogP contribution in [0.15, 0.2) is 35.6 Å². The summed E-state index contributed by atoms with van der Waals surface area (Å²) in [6.45, 7) is 2.66. The number of hydrogen-bond donors (Lipinski definition) is 0. The van der Waals surface area contributed by atoms with Crippen molar-refractivity contribution in [2.75, 3.05) is 25.1 Å². The van der Waals surface area contributed by atoms with Gasteiger partial charge in [-0.15, -0.1) is 0 Å². The summed E-state index contributed by atoms with van der Waals surface area (Å²) in [5, 5.41) is 0.641. The molecule has 0 amide bonds. The number of anilines is 1. The zero-order chi connectivity index (χ0) is 19.8. The molecule has 2 aromatic heterocycles. The molecule has 0 spiro atoms. The van der Waals surface area contributed by atoms with Gasteiger partial charge in [0.05, 0.1) is 24.3 Å². The number of ether oxygens (including phenoxy) is 1.